The molecule has 0 aromatic heterocycles. The van der Waals surface area contributed by atoms with Crippen LogP contribution in [0.15, 0.2) is 41.3 Å². The number of amides is 3. The maximum Gasteiger partial charge on any atom is 0.326 e. The Morgan fingerprint density at radius 1 is 0.776 bits per heavy atom. The van der Waals surface area contributed by atoms with Crippen LogP contribution in [0.2, 0.25) is 0 Å². The molecule has 0 aliphatic heterocycles. The first-order valence-corrected chi connectivity index (χ1v) is 20.6. The number of benzene rings is 2. The molecule has 0 radical (unpaired) electrons. The lowest BCUT2D eigenvalue weighted by atomic mass is 10.0. The minimum atomic E-state index is -3.96. The smallest absolute Gasteiger partial charge is 0.326 e. The summed E-state index contributed by atoms with van der Waals surface area (Å²) in [6, 6.07) is 6.40. The maximum absolute atomic E-state index is 13.6. The van der Waals surface area contributed by atoms with Gasteiger partial charge < -0.3 is 40.2 Å². The van der Waals surface area contributed by atoms with Crippen LogP contribution in [0.25, 0.3) is 10.8 Å². The van der Waals surface area contributed by atoms with Crippen LogP contribution in [0.5, 0.6) is 0 Å². The van der Waals surface area contributed by atoms with E-state index in [1.165, 1.54) is 6.07 Å². The number of esters is 2. The molecule has 0 aliphatic rings. The molecular formula is C40H61N5O12S. The van der Waals surface area contributed by atoms with Gasteiger partial charge >= 0.3 is 17.9 Å². The van der Waals surface area contributed by atoms with Gasteiger partial charge in [-0.15, -0.1) is 0 Å². The number of aliphatic carboxylic acids is 1. The van der Waals surface area contributed by atoms with Gasteiger partial charge in [0.15, 0.2) is 0 Å². The fourth-order valence-electron chi connectivity index (χ4n) is 5.52. The van der Waals surface area contributed by atoms with E-state index < -0.39 is 80.9 Å². The lowest BCUT2D eigenvalue weighted by molar-refractivity contribution is -0.155. The summed E-state index contributed by atoms with van der Waals surface area (Å²) in [7, 11) is -0.233. The Balaban J connectivity index is 2.04. The van der Waals surface area contributed by atoms with Crippen molar-refractivity contribution in [3.8, 4) is 0 Å². The summed E-state index contributed by atoms with van der Waals surface area (Å²) in [4.78, 5) is 78.6. The summed E-state index contributed by atoms with van der Waals surface area (Å²) in [5.74, 6) is -5.37. The first-order chi connectivity index (χ1) is 26.8. The number of ether oxygens (including phenoxy) is 3. The van der Waals surface area contributed by atoms with Crippen molar-refractivity contribution in [2.75, 3.05) is 38.8 Å². The maximum atomic E-state index is 13.6. The topological polar surface area (TPSA) is 236 Å². The molecular weight excluding hydrogens is 775 g/mol. The monoisotopic (exact) mass is 835 g/mol. The number of anilines is 1. The predicted octanol–water partition coefficient (Wildman–Crippen LogP) is 3.03. The summed E-state index contributed by atoms with van der Waals surface area (Å²) in [5.41, 5.74) is -0.693. The zero-order valence-corrected chi connectivity index (χ0v) is 36.0. The van der Waals surface area contributed by atoms with E-state index in [0.29, 0.717) is 5.39 Å². The Labute approximate surface area is 341 Å². The third kappa shape index (κ3) is 17.0. The first-order valence-electron chi connectivity index (χ1n) is 19.1. The van der Waals surface area contributed by atoms with Gasteiger partial charge in [-0.05, 0) is 72.4 Å². The SMILES string of the molecule is CC(C)[C@H](NC(=O)[C@H](COC(C)(C)C)NC(=O)[C@H](CCC(=O)OC(C)(C)C)NC(=O)CCCC(=O)OCCNS(=O)(=O)c1cccc2c(N(C)C)cccc12)C(=O)O. The molecule has 0 saturated heterocycles. The predicted molar refractivity (Wildman–Crippen MR) is 217 cm³/mol. The van der Waals surface area contributed by atoms with Crippen molar-refractivity contribution in [3.05, 3.63) is 36.4 Å². The Hall–Kier alpha value is -4.81. The summed E-state index contributed by atoms with van der Waals surface area (Å²) in [6.45, 7) is 12.6. The molecule has 18 heteroatoms. The van der Waals surface area contributed by atoms with Gasteiger partial charge in [0.25, 0.3) is 0 Å². The van der Waals surface area contributed by atoms with Crippen LogP contribution in [0.4, 0.5) is 5.69 Å². The largest absolute Gasteiger partial charge is 0.480 e. The van der Waals surface area contributed by atoms with E-state index in [-0.39, 0.29) is 56.8 Å². The molecule has 0 saturated carbocycles. The second kappa shape index (κ2) is 21.8. The average molecular weight is 836 g/mol. The van der Waals surface area contributed by atoms with Crippen molar-refractivity contribution in [1.82, 2.24) is 20.7 Å². The van der Waals surface area contributed by atoms with Gasteiger partial charge in [0, 0.05) is 56.4 Å². The van der Waals surface area contributed by atoms with Crippen molar-refractivity contribution in [3.63, 3.8) is 0 Å². The molecule has 0 unspecified atom stereocenters. The normalized spacial score (nSPS) is 13.6. The Bertz CT molecular complexity index is 1870. The zero-order chi connectivity index (χ0) is 44.0. The molecule has 0 spiro atoms. The minimum absolute atomic E-state index is 0.0112. The van der Waals surface area contributed by atoms with Crippen LogP contribution in [-0.2, 0) is 53.0 Å². The van der Waals surface area contributed by atoms with Gasteiger partial charge in [-0.1, -0.05) is 38.1 Å². The Kier molecular flexibility index (Phi) is 18.6. The zero-order valence-electron chi connectivity index (χ0n) is 35.2. The first kappa shape index (κ1) is 49.3. The molecule has 0 bridgehead atoms. The number of nitrogens with zero attached hydrogens (tertiary/aromatic N) is 1. The standard InChI is InChI=1S/C40H61N5O12S/c1-25(2)35(38(51)52)44-37(50)29(24-56-39(3,4)5)43-36(49)28(20-21-34(48)57-40(6,7)8)42-32(46)18-13-19-33(47)55-23-22-41-58(53,54)31-17-12-14-26-27(31)15-11-16-30(26)45(9)10/h11-12,14-17,25,28-29,35,41H,13,18-24H2,1-10H3,(H,42,46)(H,43,49)(H,44,50)(H,51,52)/t28-,29-,35-/m0/s1. The van der Waals surface area contributed by atoms with Gasteiger partial charge in [0.1, 0.15) is 30.3 Å². The molecule has 58 heavy (non-hydrogen) atoms. The van der Waals surface area contributed by atoms with Crippen LogP contribution in [-0.4, -0.2) is 112 Å². The number of carbonyl (C=O) groups is 6. The van der Waals surface area contributed by atoms with Crippen molar-refractivity contribution in [2.24, 2.45) is 5.92 Å². The highest BCUT2D eigenvalue weighted by Crippen LogP contribution is 2.30. The van der Waals surface area contributed by atoms with E-state index in [1.807, 2.05) is 31.1 Å². The van der Waals surface area contributed by atoms with Crippen LogP contribution < -0.4 is 25.6 Å². The molecule has 2 aromatic rings. The summed E-state index contributed by atoms with van der Waals surface area (Å²) >= 11 is 0. The minimum Gasteiger partial charge on any atom is -0.480 e. The van der Waals surface area contributed by atoms with Crippen LogP contribution >= 0.6 is 0 Å². The van der Waals surface area contributed by atoms with Gasteiger partial charge in [-0.3, -0.25) is 24.0 Å². The van der Waals surface area contributed by atoms with Gasteiger partial charge in [-0.25, -0.2) is 17.9 Å². The van der Waals surface area contributed by atoms with E-state index in [9.17, 15) is 42.3 Å². The fraction of sp³-hybridized carbons (Fsp3) is 0.600. The van der Waals surface area contributed by atoms with Crippen LogP contribution in [0, 0.1) is 5.92 Å². The Morgan fingerprint density at radius 3 is 1.98 bits per heavy atom. The van der Waals surface area contributed by atoms with Crippen molar-refractivity contribution >= 4 is 62.1 Å². The molecule has 324 valence electrons. The summed E-state index contributed by atoms with van der Waals surface area (Å²) in [6.07, 6.45) is -0.888. The molecule has 0 fully saturated rings. The molecule has 2 aromatic carbocycles. The number of carboxylic acids is 1. The summed E-state index contributed by atoms with van der Waals surface area (Å²) < 4.78 is 45.0. The van der Waals surface area contributed by atoms with Crippen molar-refractivity contribution in [1.29, 1.82) is 0 Å². The highest BCUT2D eigenvalue weighted by atomic mass is 32.2. The lowest BCUT2D eigenvalue weighted by Crippen LogP contribution is -2.58. The Morgan fingerprint density at radius 2 is 1.40 bits per heavy atom. The van der Waals surface area contributed by atoms with Crippen LogP contribution in [0.3, 0.4) is 0 Å². The average Bonchev–Trinajstić information content (AvgIpc) is 3.10. The van der Waals surface area contributed by atoms with Crippen molar-refractivity contribution < 1.29 is 56.5 Å². The molecule has 0 aliphatic carbocycles. The van der Waals surface area contributed by atoms with Gasteiger partial charge in [0.05, 0.1) is 17.1 Å². The van der Waals surface area contributed by atoms with Crippen LogP contribution in [0.1, 0.15) is 87.5 Å². The number of rotatable bonds is 22. The number of carbonyl (C=O) groups excluding carboxylic acids is 5. The van der Waals surface area contributed by atoms with E-state index >= 15 is 0 Å². The number of fused-ring (bicyclic) bond motifs is 1. The highest BCUT2D eigenvalue weighted by molar-refractivity contribution is 7.89. The summed E-state index contributed by atoms with van der Waals surface area (Å²) in [5, 5.41) is 18.4. The number of hydrogen-bond donors (Lipinski definition) is 5. The van der Waals surface area contributed by atoms with Gasteiger partial charge in [0.2, 0.25) is 27.7 Å². The molecule has 5 N–H and O–H groups in total. The number of hydrogen-bond acceptors (Lipinski definition) is 12. The molecule has 3 atom stereocenters. The second-order valence-electron chi connectivity index (χ2n) is 16.3. The molecule has 0 heterocycles. The lowest BCUT2D eigenvalue weighted by Gasteiger charge is -2.28. The highest BCUT2D eigenvalue weighted by Gasteiger charge is 2.32. The van der Waals surface area contributed by atoms with Crippen molar-refractivity contribution in [2.45, 2.75) is 122 Å². The third-order valence-electron chi connectivity index (χ3n) is 8.33. The van der Waals surface area contributed by atoms with E-state index in [4.69, 9.17) is 14.2 Å². The molecule has 17 nitrogen and oxygen atoms in total. The number of sulfonamides is 1. The third-order valence-corrected chi connectivity index (χ3v) is 9.85. The second-order valence-corrected chi connectivity index (χ2v) is 18.0. The quantitative estimate of drug-likeness (QED) is 0.0849. The fourth-order valence-corrected chi connectivity index (χ4v) is 6.75. The molecule has 2 rings (SSSR count). The molecule has 3 amide bonds. The number of nitrogens with one attached hydrogen (secondary N) is 4. The van der Waals surface area contributed by atoms with Gasteiger partial charge in [-0.2, -0.15) is 0 Å². The van der Waals surface area contributed by atoms with E-state index in [1.54, 1.807) is 73.6 Å². The number of carboxylic acid groups (broad SMARTS) is 1. The van der Waals surface area contributed by atoms with E-state index in [2.05, 4.69) is 20.7 Å². The van der Waals surface area contributed by atoms with E-state index in [0.717, 1.165) is 11.1 Å².